The highest BCUT2D eigenvalue weighted by molar-refractivity contribution is 7.04. The minimum absolute atomic E-state index is 0.0914. The lowest BCUT2D eigenvalue weighted by Gasteiger charge is -2.48. The number of hydrogen-bond donors (Lipinski definition) is 0. The van der Waals surface area contributed by atoms with Crippen LogP contribution in [0, 0.1) is 28.1 Å². The second kappa shape index (κ2) is 13.9. The van der Waals surface area contributed by atoms with Gasteiger partial charge in [0.25, 0.3) is 8.32 Å². The van der Waals surface area contributed by atoms with E-state index >= 15 is 0 Å². The minimum atomic E-state index is -2.70. The number of carbonyl (C=O) groups is 2. The summed E-state index contributed by atoms with van der Waals surface area (Å²) in [5.41, 5.74) is -1.59. The molecule has 250 valence electrons. The monoisotopic (exact) mass is 652 g/mol. The van der Waals surface area contributed by atoms with Crippen LogP contribution < -0.4 is 10.4 Å². The number of carbonyl (C=O) groups excluding carboxylic acids is 2. The second-order valence-electron chi connectivity index (χ2n) is 17.2. The van der Waals surface area contributed by atoms with Crippen molar-refractivity contribution in [2.45, 2.75) is 113 Å². The van der Waals surface area contributed by atoms with Crippen molar-refractivity contribution >= 4 is 38.9 Å². The first kappa shape index (κ1) is 37.2. The van der Waals surface area contributed by atoms with E-state index in [0.29, 0.717) is 11.8 Å². The van der Waals surface area contributed by atoms with Gasteiger partial charge in [0.15, 0.2) is 8.32 Å². The molecular formula is C38H60O5Si2. The van der Waals surface area contributed by atoms with Crippen LogP contribution >= 0.6 is 0 Å². The molecule has 0 amide bonds. The number of benzene rings is 2. The average molecular weight is 653 g/mol. The van der Waals surface area contributed by atoms with Gasteiger partial charge in [0.2, 0.25) is 0 Å². The van der Waals surface area contributed by atoms with Gasteiger partial charge >= 0.3 is 11.9 Å². The lowest BCUT2D eigenvalue weighted by atomic mass is 9.86. The first-order valence-corrected chi connectivity index (χ1v) is 21.8. The highest BCUT2D eigenvalue weighted by Gasteiger charge is 2.55. The van der Waals surface area contributed by atoms with E-state index in [1.807, 2.05) is 41.5 Å². The number of hydrogen-bond acceptors (Lipinski definition) is 5. The standard InChI is InChI=1S/C38H60O5Si2/c1-13-29-24-38(27-41-33(39)35(2,3)4,28-42-34(40)36(5,6)7)25-30(29)26-44(11,12)43-45(37(8,9)10,31-20-16-14-17-21-31)32-22-18-15-19-23-32/h14-23,29-30H,13,24-28H2,1-12H3/t29-,30+/m0/s1. The minimum Gasteiger partial charge on any atom is -0.465 e. The summed E-state index contributed by atoms with van der Waals surface area (Å²) in [4.78, 5) is 25.8. The molecule has 5 nitrogen and oxygen atoms in total. The molecule has 0 aliphatic heterocycles. The van der Waals surface area contributed by atoms with Crippen molar-refractivity contribution in [1.82, 2.24) is 0 Å². The van der Waals surface area contributed by atoms with Crippen LogP contribution in [0.3, 0.4) is 0 Å². The van der Waals surface area contributed by atoms with E-state index < -0.39 is 32.9 Å². The molecule has 0 heterocycles. The third-order valence-corrected chi connectivity index (χ3v) is 18.8. The van der Waals surface area contributed by atoms with Crippen LogP contribution in [-0.4, -0.2) is 41.8 Å². The maximum absolute atomic E-state index is 12.9. The summed E-state index contributed by atoms with van der Waals surface area (Å²) < 4.78 is 19.7. The summed E-state index contributed by atoms with van der Waals surface area (Å²) in [6, 6.07) is 22.8. The fraction of sp³-hybridized carbons (Fsp3) is 0.632. The molecule has 2 aromatic rings. The average Bonchev–Trinajstić information content (AvgIpc) is 3.29. The Morgan fingerprint density at radius 1 is 0.711 bits per heavy atom. The molecule has 1 saturated carbocycles. The Labute approximate surface area is 276 Å². The SMILES string of the molecule is CC[C@H]1CC(COC(=O)C(C)(C)C)(COC(=O)C(C)(C)C)C[C@@H]1C[Si](C)(C)O[Si](c1ccccc1)(c1ccccc1)C(C)(C)C. The molecule has 3 rings (SSSR count). The Balaban J connectivity index is 1.98. The van der Waals surface area contributed by atoms with Crippen molar-refractivity contribution in [2.75, 3.05) is 13.2 Å². The summed E-state index contributed by atoms with van der Waals surface area (Å²) in [6.45, 7) is 25.9. The molecule has 0 saturated heterocycles. The highest BCUT2D eigenvalue weighted by Crippen LogP contribution is 2.51. The van der Waals surface area contributed by atoms with E-state index in [2.05, 4.69) is 101 Å². The van der Waals surface area contributed by atoms with Gasteiger partial charge < -0.3 is 13.6 Å². The molecular weight excluding hydrogens is 593 g/mol. The molecule has 0 aromatic heterocycles. The van der Waals surface area contributed by atoms with E-state index in [-0.39, 0.29) is 30.2 Å². The van der Waals surface area contributed by atoms with Crippen LogP contribution in [0.4, 0.5) is 0 Å². The van der Waals surface area contributed by atoms with Crippen LogP contribution in [0.2, 0.25) is 24.2 Å². The summed E-state index contributed by atoms with van der Waals surface area (Å²) in [5.74, 6) is 0.383. The van der Waals surface area contributed by atoms with Crippen LogP contribution in [0.15, 0.2) is 60.7 Å². The normalized spacial score (nSPS) is 19.3. The predicted molar refractivity (Wildman–Crippen MR) is 191 cm³/mol. The number of esters is 2. The maximum atomic E-state index is 12.9. The van der Waals surface area contributed by atoms with Crippen molar-refractivity contribution in [2.24, 2.45) is 28.1 Å². The second-order valence-corrected chi connectivity index (χ2v) is 26.0. The van der Waals surface area contributed by atoms with Crippen molar-refractivity contribution in [3.05, 3.63) is 60.7 Å². The zero-order valence-corrected chi connectivity index (χ0v) is 32.2. The van der Waals surface area contributed by atoms with Gasteiger partial charge in [-0.05, 0) is 101 Å². The quantitative estimate of drug-likeness (QED) is 0.180. The largest absolute Gasteiger partial charge is 0.465 e. The van der Waals surface area contributed by atoms with E-state index in [1.165, 1.54) is 10.4 Å². The summed E-state index contributed by atoms with van der Waals surface area (Å²) in [7, 11) is -5.01. The smallest absolute Gasteiger partial charge is 0.311 e. The molecule has 1 fully saturated rings. The van der Waals surface area contributed by atoms with Crippen molar-refractivity contribution < 1.29 is 23.2 Å². The zero-order valence-electron chi connectivity index (χ0n) is 30.2. The van der Waals surface area contributed by atoms with Crippen molar-refractivity contribution in [3.63, 3.8) is 0 Å². The van der Waals surface area contributed by atoms with Gasteiger partial charge in [0.1, 0.15) is 13.2 Å². The first-order chi connectivity index (χ1) is 20.7. The van der Waals surface area contributed by atoms with Crippen LogP contribution in [0.5, 0.6) is 0 Å². The molecule has 0 radical (unpaired) electrons. The molecule has 0 bridgehead atoms. The van der Waals surface area contributed by atoms with Gasteiger partial charge in [-0.2, -0.15) is 0 Å². The van der Waals surface area contributed by atoms with Gasteiger partial charge in [0, 0.05) is 5.41 Å². The van der Waals surface area contributed by atoms with Gasteiger partial charge in [-0.15, -0.1) is 0 Å². The molecule has 1 aliphatic rings. The van der Waals surface area contributed by atoms with E-state index in [9.17, 15) is 9.59 Å². The molecule has 2 atom stereocenters. The third-order valence-electron chi connectivity index (χ3n) is 9.43. The fourth-order valence-corrected chi connectivity index (χ4v) is 18.1. The van der Waals surface area contributed by atoms with Crippen LogP contribution in [0.1, 0.15) is 88.5 Å². The fourth-order valence-electron chi connectivity index (χ4n) is 7.13. The molecule has 0 spiro atoms. The molecule has 45 heavy (non-hydrogen) atoms. The molecule has 7 heteroatoms. The van der Waals surface area contributed by atoms with Crippen molar-refractivity contribution in [1.29, 1.82) is 0 Å². The Kier molecular flexibility index (Phi) is 11.5. The van der Waals surface area contributed by atoms with Crippen LogP contribution in [0.25, 0.3) is 0 Å². The lowest BCUT2D eigenvalue weighted by Crippen LogP contribution is -2.70. The molecule has 1 aliphatic carbocycles. The Hall–Kier alpha value is -2.23. The predicted octanol–water partition coefficient (Wildman–Crippen LogP) is 8.37. The Bertz CT molecular complexity index is 1200. The summed E-state index contributed by atoms with van der Waals surface area (Å²) in [6.07, 6.45) is 2.74. The van der Waals surface area contributed by atoms with Gasteiger partial charge in [0.05, 0.1) is 10.8 Å². The molecule has 0 unspecified atom stereocenters. The molecule has 0 N–H and O–H groups in total. The van der Waals surface area contributed by atoms with Crippen LogP contribution in [-0.2, 0) is 23.2 Å². The topological polar surface area (TPSA) is 61.8 Å². The Morgan fingerprint density at radius 2 is 1.11 bits per heavy atom. The first-order valence-electron chi connectivity index (χ1n) is 16.8. The number of ether oxygens (including phenoxy) is 2. The van der Waals surface area contributed by atoms with E-state index in [4.69, 9.17) is 13.6 Å². The summed E-state index contributed by atoms with van der Waals surface area (Å²) >= 11 is 0. The number of rotatable bonds is 11. The highest BCUT2D eigenvalue weighted by atomic mass is 28.4. The zero-order chi connectivity index (χ0) is 33.9. The maximum Gasteiger partial charge on any atom is 0.311 e. The van der Waals surface area contributed by atoms with Gasteiger partial charge in [-0.25, -0.2) is 0 Å². The van der Waals surface area contributed by atoms with E-state index in [1.54, 1.807) is 0 Å². The van der Waals surface area contributed by atoms with Crippen molar-refractivity contribution in [3.8, 4) is 0 Å². The lowest BCUT2D eigenvalue weighted by molar-refractivity contribution is -0.164. The van der Waals surface area contributed by atoms with Gasteiger partial charge in [-0.3, -0.25) is 9.59 Å². The van der Waals surface area contributed by atoms with E-state index in [0.717, 1.165) is 25.3 Å². The third kappa shape index (κ3) is 8.98. The Morgan fingerprint density at radius 3 is 1.47 bits per heavy atom. The molecule has 2 aromatic carbocycles. The van der Waals surface area contributed by atoms with Gasteiger partial charge in [-0.1, -0.05) is 94.8 Å². The summed E-state index contributed by atoms with van der Waals surface area (Å²) in [5, 5.41) is 2.52.